The van der Waals surface area contributed by atoms with Crippen molar-refractivity contribution in [1.82, 2.24) is 10.2 Å². The molecule has 2 N–H and O–H groups in total. The second-order valence-corrected chi connectivity index (χ2v) is 4.93. The topological polar surface area (TPSA) is 57.8 Å². The Balaban J connectivity index is 1.80. The lowest BCUT2D eigenvalue weighted by Gasteiger charge is -2.07. The Morgan fingerprint density at radius 1 is 1.53 bits per heavy atom. The number of aromatic nitrogens is 2. The van der Waals surface area contributed by atoms with Gasteiger partial charge in [-0.25, -0.2) is 0 Å². The molecule has 0 spiro atoms. The van der Waals surface area contributed by atoms with Crippen LogP contribution in [0.2, 0.25) is 0 Å². The summed E-state index contributed by atoms with van der Waals surface area (Å²) < 4.78 is 0. The lowest BCUT2D eigenvalue weighted by atomic mass is 10.0. The Kier molecular flexibility index (Phi) is 4.18. The van der Waals surface area contributed by atoms with Crippen molar-refractivity contribution >= 4 is 11.7 Å². The first kappa shape index (κ1) is 12.1. The molecule has 1 heterocycles. The molecular formula is C13H21N3O. The van der Waals surface area contributed by atoms with Gasteiger partial charge in [0.15, 0.2) is 5.82 Å². The van der Waals surface area contributed by atoms with E-state index in [-0.39, 0.29) is 5.91 Å². The molecule has 1 amide bonds. The van der Waals surface area contributed by atoms with Crippen LogP contribution in [0.4, 0.5) is 5.82 Å². The number of aryl methyl sites for hydroxylation is 1. The van der Waals surface area contributed by atoms with Crippen molar-refractivity contribution in [3.8, 4) is 0 Å². The van der Waals surface area contributed by atoms with E-state index in [2.05, 4.69) is 22.4 Å². The van der Waals surface area contributed by atoms with Gasteiger partial charge in [0.25, 0.3) is 0 Å². The Morgan fingerprint density at radius 2 is 2.29 bits per heavy atom. The lowest BCUT2D eigenvalue weighted by Crippen LogP contribution is -2.15. The molecule has 0 saturated heterocycles. The quantitative estimate of drug-likeness (QED) is 0.824. The second-order valence-electron chi connectivity index (χ2n) is 4.93. The van der Waals surface area contributed by atoms with Gasteiger partial charge in [-0.3, -0.25) is 9.89 Å². The average molecular weight is 235 g/mol. The summed E-state index contributed by atoms with van der Waals surface area (Å²) in [5.41, 5.74) is 1.09. The molecule has 4 heteroatoms. The minimum Gasteiger partial charge on any atom is -0.309 e. The summed E-state index contributed by atoms with van der Waals surface area (Å²) in [5.74, 6) is 1.35. The zero-order chi connectivity index (χ0) is 12.1. The molecule has 0 unspecified atom stereocenters. The average Bonchev–Trinajstić information content (AvgIpc) is 2.91. The molecule has 0 aliphatic heterocycles. The SMILES string of the molecule is CCCc1cc(NC(=O)CC2CCCC2)n[nH]1. The van der Waals surface area contributed by atoms with Crippen LogP contribution in [-0.4, -0.2) is 16.1 Å². The number of hydrogen-bond donors (Lipinski definition) is 2. The molecular weight excluding hydrogens is 214 g/mol. The van der Waals surface area contributed by atoms with E-state index in [0.29, 0.717) is 18.2 Å². The maximum atomic E-state index is 11.8. The number of carbonyl (C=O) groups is 1. The Hall–Kier alpha value is -1.32. The second kappa shape index (κ2) is 5.84. The van der Waals surface area contributed by atoms with E-state index in [1.807, 2.05) is 6.07 Å². The summed E-state index contributed by atoms with van der Waals surface area (Å²) >= 11 is 0. The van der Waals surface area contributed by atoms with Gasteiger partial charge in [0.1, 0.15) is 0 Å². The largest absolute Gasteiger partial charge is 0.309 e. The molecule has 1 aromatic rings. The maximum Gasteiger partial charge on any atom is 0.225 e. The van der Waals surface area contributed by atoms with Crippen LogP contribution in [0.25, 0.3) is 0 Å². The van der Waals surface area contributed by atoms with Crippen molar-refractivity contribution < 1.29 is 4.79 Å². The van der Waals surface area contributed by atoms with Gasteiger partial charge in [-0.05, 0) is 25.2 Å². The normalized spacial score (nSPS) is 16.3. The minimum atomic E-state index is 0.103. The van der Waals surface area contributed by atoms with Gasteiger partial charge in [-0.1, -0.05) is 26.2 Å². The van der Waals surface area contributed by atoms with E-state index < -0.39 is 0 Å². The maximum absolute atomic E-state index is 11.8. The van der Waals surface area contributed by atoms with Crippen LogP contribution in [0.5, 0.6) is 0 Å². The standard InChI is InChI=1S/C13H21N3O/c1-2-5-11-9-12(16-15-11)14-13(17)8-10-6-3-4-7-10/h9-10H,2-8H2,1H3,(H2,14,15,16,17). The van der Waals surface area contributed by atoms with Crippen molar-refractivity contribution in [2.75, 3.05) is 5.32 Å². The number of hydrogen-bond acceptors (Lipinski definition) is 2. The van der Waals surface area contributed by atoms with E-state index in [4.69, 9.17) is 0 Å². The third kappa shape index (κ3) is 3.58. The molecule has 0 atom stereocenters. The minimum absolute atomic E-state index is 0.103. The third-order valence-electron chi connectivity index (χ3n) is 3.37. The Bertz CT molecular complexity index is 366. The third-order valence-corrected chi connectivity index (χ3v) is 3.37. The summed E-state index contributed by atoms with van der Waals surface area (Å²) in [6.45, 7) is 2.12. The van der Waals surface area contributed by atoms with E-state index in [9.17, 15) is 4.79 Å². The lowest BCUT2D eigenvalue weighted by molar-refractivity contribution is -0.117. The van der Waals surface area contributed by atoms with Gasteiger partial charge in [0.05, 0.1) is 0 Å². The predicted molar refractivity (Wildman–Crippen MR) is 67.8 cm³/mol. The number of carbonyl (C=O) groups excluding carboxylic acids is 1. The van der Waals surface area contributed by atoms with Gasteiger partial charge in [0, 0.05) is 18.2 Å². The Labute approximate surface area is 102 Å². The van der Waals surface area contributed by atoms with Gasteiger partial charge >= 0.3 is 0 Å². The van der Waals surface area contributed by atoms with Crippen LogP contribution in [0.3, 0.4) is 0 Å². The van der Waals surface area contributed by atoms with Gasteiger partial charge in [0.2, 0.25) is 5.91 Å². The number of aromatic amines is 1. The number of rotatable bonds is 5. The molecule has 4 nitrogen and oxygen atoms in total. The first-order valence-corrected chi connectivity index (χ1v) is 6.62. The first-order chi connectivity index (χ1) is 8.28. The number of nitrogens with one attached hydrogen (secondary N) is 2. The van der Waals surface area contributed by atoms with Crippen LogP contribution in [0.15, 0.2) is 6.07 Å². The highest BCUT2D eigenvalue weighted by Gasteiger charge is 2.18. The summed E-state index contributed by atoms with van der Waals surface area (Å²) in [6, 6.07) is 1.93. The molecule has 2 rings (SSSR count). The van der Waals surface area contributed by atoms with Crippen molar-refractivity contribution in [2.24, 2.45) is 5.92 Å². The molecule has 1 aliphatic rings. The fraction of sp³-hybridized carbons (Fsp3) is 0.692. The molecule has 0 bridgehead atoms. The first-order valence-electron chi connectivity index (χ1n) is 6.62. The highest BCUT2D eigenvalue weighted by Crippen LogP contribution is 2.27. The highest BCUT2D eigenvalue weighted by atomic mass is 16.1. The number of nitrogens with zero attached hydrogens (tertiary/aromatic N) is 1. The van der Waals surface area contributed by atoms with Crippen molar-refractivity contribution in [1.29, 1.82) is 0 Å². The van der Waals surface area contributed by atoms with Crippen LogP contribution in [-0.2, 0) is 11.2 Å². The predicted octanol–water partition coefficient (Wildman–Crippen LogP) is 2.88. The van der Waals surface area contributed by atoms with Crippen LogP contribution in [0, 0.1) is 5.92 Å². The fourth-order valence-electron chi connectivity index (χ4n) is 2.49. The summed E-state index contributed by atoms with van der Waals surface area (Å²) in [7, 11) is 0. The Morgan fingerprint density at radius 3 is 3.00 bits per heavy atom. The molecule has 94 valence electrons. The molecule has 1 fully saturated rings. The van der Waals surface area contributed by atoms with E-state index in [0.717, 1.165) is 18.5 Å². The zero-order valence-corrected chi connectivity index (χ0v) is 10.5. The van der Waals surface area contributed by atoms with Gasteiger partial charge in [-0.15, -0.1) is 0 Å². The van der Waals surface area contributed by atoms with E-state index in [1.54, 1.807) is 0 Å². The molecule has 1 aliphatic carbocycles. The van der Waals surface area contributed by atoms with E-state index in [1.165, 1.54) is 25.7 Å². The zero-order valence-electron chi connectivity index (χ0n) is 10.5. The molecule has 0 radical (unpaired) electrons. The number of anilines is 1. The van der Waals surface area contributed by atoms with Crippen LogP contribution >= 0.6 is 0 Å². The summed E-state index contributed by atoms with van der Waals surface area (Å²) in [5, 5.41) is 9.90. The number of H-pyrrole nitrogens is 1. The van der Waals surface area contributed by atoms with Crippen molar-refractivity contribution in [2.45, 2.75) is 51.9 Å². The van der Waals surface area contributed by atoms with Crippen LogP contribution in [0.1, 0.15) is 51.1 Å². The molecule has 1 saturated carbocycles. The molecule has 1 aromatic heterocycles. The van der Waals surface area contributed by atoms with Gasteiger partial charge in [-0.2, -0.15) is 5.10 Å². The highest BCUT2D eigenvalue weighted by molar-refractivity contribution is 5.89. The van der Waals surface area contributed by atoms with Crippen LogP contribution < -0.4 is 5.32 Å². The smallest absolute Gasteiger partial charge is 0.225 e. The molecule has 0 aromatic carbocycles. The van der Waals surface area contributed by atoms with Gasteiger partial charge < -0.3 is 5.32 Å². The van der Waals surface area contributed by atoms with Crippen molar-refractivity contribution in [3.05, 3.63) is 11.8 Å². The van der Waals surface area contributed by atoms with Crippen molar-refractivity contribution in [3.63, 3.8) is 0 Å². The summed E-state index contributed by atoms with van der Waals surface area (Å²) in [6.07, 6.45) is 7.67. The molecule has 17 heavy (non-hydrogen) atoms. The fourth-order valence-corrected chi connectivity index (χ4v) is 2.49. The summed E-state index contributed by atoms with van der Waals surface area (Å²) in [4.78, 5) is 11.8. The number of amides is 1. The van der Waals surface area contributed by atoms with E-state index >= 15 is 0 Å². The monoisotopic (exact) mass is 235 g/mol.